The molecule has 2 aromatic rings. The van der Waals surface area contributed by atoms with Crippen LogP contribution in [0.4, 0.5) is 0 Å². The first-order valence-electron chi connectivity index (χ1n) is 3.32. The van der Waals surface area contributed by atoms with Crippen molar-refractivity contribution in [1.82, 2.24) is 14.6 Å². The minimum Gasteiger partial charge on any atom is -0.269 e. The number of aryl methyl sites for hydroxylation is 1. The van der Waals surface area contributed by atoms with Gasteiger partial charge < -0.3 is 0 Å². The van der Waals surface area contributed by atoms with Crippen LogP contribution >= 0.6 is 0 Å². The van der Waals surface area contributed by atoms with Gasteiger partial charge in [-0.2, -0.15) is 5.10 Å². The maximum Gasteiger partial charge on any atom is 0.257 e. The molecule has 1 N–H and O–H groups in total. The molecule has 4 nitrogen and oxygen atoms in total. The Hall–Kier alpha value is -1.58. The fourth-order valence-electron chi connectivity index (χ4n) is 1.10. The first-order chi connectivity index (χ1) is 5.29. The third kappa shape index (κ3) is 0.756. The van der Waals surface area contributed by atoms with E-state index in [2.05, 4.69) is 10.2 Å². The van der Waals surface area contributed by atoms with E-state index in [-0.39, 0.29) is 5.56 Å². The molecule has 4 heteroatoms. The molecule has 0 unspecified atom stereocenters. The van der Waals surface area contributed by atoms with Crippen LogP contribution in [-0.2, 0) is 0 Å². The lowest BCUT2D eigenvalue weighted by Gasteiger charge is -1.89. The summed E-state index contributed by atoms with van der Waals surface area (Å²) in [7, 11) is 0. The van der Waals surface area contributed by atoms with Gasteiger partial charge in [0.2, 0.25) is 0 Å². The third-order valence-electron chi connectivity index (χ3n) is 1.61. The van der Waals surface area contributed by atoms with Gasteiger partial charge >= 0.3 is 0 Å². The van der Waals surface area contributed by atoms with Gasteiger partial charge in [0.1, 0.15) is 11.5 Å². The highest BCUT2D eigenvalue weighted by Gasteiger charge is 1.98. The van der Waals surface area contributed by atoms with Crippen molar-refractivity contribution in [2.45, 2.75) is 6.92 Å². The summed E-state index contributed by atoms with van der Waals surface area (Å²) in [5.41, 5.74) is 0.684. The summed E-state index contributed by atoms with van der Waals surface area (Å²) in [6.45, 7) is 1.78. The molecule has 56 valence electrons. The Morgan fingerprint density at radius 1 is 1.55 bits per heavy atom. The highest BCUT2D eigenvalue weighted by molar-refractivity contribution is 5.36. The summed E-state index contributed by atoms with van der Waals surface area (Å²) in [5.74, 6) is 0.686. The van der Waals surface area contributed by atoms with Crippen molar-refractivity contribution in [3.05, 3.63) is 34.4 Å². The zero-order valence-corrected chi connectivity index (χ0v) is 6.03. The Labute approximate surface area is 62.5 Å². The third-order valence-corrected chi connectivity index (χ3v) is 1.61. The van der Waals surface area contributed by atoms with Crippen LogP contribution in [0, 0.1) is 6.92 Å². The maximum atomic E-state index is 11.2. The Bertz CT molecular complexity index is 440. The second-order valence-corrected chi connectivity index (χ2v) is 2.36. The van der Waals surface area contributed by atoms with Crippen LogP contribution < -0.4 is 5.56 Å². The quantitative estimate of drug-likeness (QED) is 0.586. The van der Waals surface area contributed by atoms with Crippen LogP contribution in [0.1, 0.15) is 5.82 Å². The molecule has 0 bridgehead atoms. The Morgan fingerprint density at radius 2 is 2.36 bits per heavy atom. The molecule has 0 aliphatic carbocycles. The molecule has 0 aliphatic rings. The monoisotopic (exact) mass is 149 g/mol. The van der Waals surface area contributed by atoms with Gasteiger partial charge in [0.05, 0.1) is 0 Å². The van der Waals surface area contributed by atoms with E-state index in [9.17, 15) is 4.79 Å². The lowest BCUT2D eigenvalue weighted by atomic mass is 10.4. The molecular weight excluding hydrogens is 142 g/mol. The molecular formula is C7H7N3O. The summed E-state index contributed by atoms with van der Waals surface area (Å²) in [5, 5.41) is 6.64. The highest BCUT2D eigenvalue weighted by Crippen LogP contribution is 1.95. The van der Waals surface area contributed by atoms with E-state index in [4.69, 9.17) is 0 Å². The standard InChI is InChI=1S/C7H7N3O/c1-5-8-9-6-3-2-4-7(11)10(5)6/h2-4,9H,1H3. The number of hydrogen-bond donors (Lipinski definition) is 1. The van der Waals surface area contributed by atoms with Crippen molar-refractivity contribution in [3.8, 4) is 0 Å². The van der Waals surface area contributed by atoms with Gasteiger partial charge in [-0.3, -0.25) is 9.89 Å². The molecule has 0 saturated carbocycles. The van der Waals surface area contributed by atoms with Crippen LogP contribution in [0.3, 0.4) is 0 Å². The van der Waals surface area contributed by atoms with Crippen molar-refractivity contribution >= 4 is 5.65 Å². The minimum atomic E-state index is -0.0475. The summed E-state index contributed by atoms with van der Waals surface area (Å²) in [4.78, 5) is 11.2. The van der Waals surface area contributed by atoms with Crippen LogP contribution in [0.2, 0.25) is 0 Å². The van der Waals surface area contributed by atoms with Gasteiger partial charge in [-0.05, 0) is 13.0 Å². The van der Waals surface area contributed by atoms with Crippen molar-refractivity contribution in [2.75, 3.05) is 0 Å². The zero-order chi connectivity index (χ0) is 7.84. The van der Waals surface area contributed by atoms with Crippen molar-refractivity contribution < 1.29 is 0 Å². The molecule has 0 amide bonds. The second-order valence-electron chi connectivity index (χ2n) is 2.36. The molecule has 2 aromatic heterocycles. The van der Waals surface area contributed by atoms with E-state index in [0.29, 0.717) is 5.82 Å². The summed E-state index contributed by atoms with van der Waals surface area (Å²) in [6.07, 6.45) is 0. The van der Waals surface area contributed by atoms with E-state index >= 15 is 0 Å². The number of nitrogens with one attached hydrogen (secondary N) is 1. The first-order valence-corrected chi connectivity index (χ1v) is 3.32. The topological polar surface area (TPSA) is 50.2 Å². The number of pyridine rings is 1. The number of aromatic nitrogens is 3. The average Bonchev–Trinajstić information content (AvgIpc) is 2.34. The lowest BCUT2D eigenvalue weighted by Crippen LogP contribution is -2.11. The van der Waals surface area contributed by atoms with Crippen LogP contribution in [0.5, 0.6) is 0 Å². The SMILES string of the molecule is Cc1n[nH]c2cccc(=O)n12. The van der Waals surface area contributed by atoms with Gasteiger partial charge in [0.15, 0.2) is 0 Å². The molecule has 2 heterocycles. The van der Waals surface area contributed by atoms with Crippen LogP contribution in [0.25, 0.3) is 5.65 Å². The molecule has 0 radical (unpaired) electrons. The normalized spacial score (nSPS) is 10.6. The van der Waals surface area contributed by atoms with Gasteiger partial charge in [-0.1, -0.05) is 6.07 Å². The molecule has 0 fully saturated rings. The van der Waals surface area contributed by atoms with Crippen molar-refractivity contribution in [1.29, 1.82) is 0 Å². The number of aromatic amines is 1. The van der Waals surface area contributed by atoms with E-state index in [1.807, 2.05) is 0 Å². The van der Waals surface area contributed by atoms with E-state index in [0.717, 1.165) is 5.65 Å². The summed E-state index contributed by atoms with van der Waals surface area (Å²) >= 11 is 0. The first kappa shape index (κ1) is 6.15. The molecule has 0 atom stereocenters. The van der Waals surface area contributed by atoms with E-state index < -0.39 is 0 Å². The Morgan fingerprint density at radius 3 is 3.09 bits per heavy atom. The molecule has 0 aliphatic heterocycles. The summed E-state index contributed by atoms with van der Waals surface area (Å²) in [6, 6.07) is 5.02. The molecule has 2 rings (SSSR count). The van der Waals surface area contributed by atoms with E-state index in [1.54, 1.807) is 19.1 Å². The molecule has 11 heavy (non-hydrogen) atoms. The van der Waals surface area contributed by atoms with Crippen LogP contribution in [0.15, 0.2) is 23.0 Å². The molecule has 0 aromatic carbocycles. The van der Waals surface area contributed by atoms with Gasteiger partial charge in [0.25, 0.3) is 5.56 Å². The fourth-order valence-corrected chi connectivity index (χ4v) is 1.10. The van der Waals surface area contributed by atoms with Crippen LogP contribution in [-0.4, -0.2) is 14.6 Å². The second kappa shape index (κ2) is 1.95. The number of rotatable bonds is 0. The summed E-state index contributed by atoms with van der Waals surface area (Å²) < 4.78 is 1.53. The maximum absolute atomic E-state index is 11.2. The average molecular weight is 149 g/mol. The Kier molecular flexibility index (Phi) is 1.09. The zero-order valence-electron chi connectivity index (χ0n) is 6.03. The number of H-pyrrole nitrogens is 1. The predicted octanol–water partition coefficient (Wildman–Crippen LogP) is 0.331. The number of fused-ring (bicyclic) bond motifs is 1. The van der Waals surface area contributed by atoms with E-state index in [1.165, 1.54) is 10.5 Å². The van der Waals surface area contributed by atoms with Crippen molar-refractivity contribution in [2.24, 2.45) is 0 Å². The minimum absolute atomic E-state index is 0.0475. The predicted molar refractivity (Wildman–Crippen MR) is 40.5 cm³/mol. The number of nitrogens with zero attached hydrogens (tertiary/aromatic N) is 2. The largest absolute Gasteiger partial charge is 0.269 e. The molecule has 0 saturated heterocycles. The number of hydrogen-bond acceptors (Lipinski definition) is 2. The van der Waals surface area contributed by atoms with Crippen molar-refractivity contribution in [3.63, 3.8) is 0 Å². The lowest BCUT2D eigenvalue weighted by molar-refractivity contribution is 0.983. The van der Waals surface area contributed by atoms with Gasteiger partial charge in [0, 0.05) is 6.07 Å². The fraction of sp³-hybridized carbons (Fsp3) is 0.143. The van der Waals surface area contributed by atoms with Gasteiger partial charge in [-0.15, -0.1) is 0 Å². The Balaban J connectivity index is 3.08. The van der Waals surface area contributed by atoms with Gasteiger partial charge in [-0.25, -0.2) is 4.40 Å². The smallest absolute Gasteiger partial charge is 0.257 e. The molecule has 0 spiro atoms. The highest BCUT2D eigenvalue weighted by atomic mass is 16.1.